The number of amides is 1. The van der Waals surface area contributed by atoms with Gasteiger partial charge < -0.3 is 10.1 Å². The first-order valence-electron chi connectivity index (χ1n) is 10.9. The van der Waals surface area contributed by atoms with Crippen LogP contribution in [0.15, 0.2) is 48.5 Å². The number of nitrogens with one attached hydrogen (secondary N) is 1. The quantitative estimate of drug-likeness (QED) is 0.584. The molecule has 0 spiro atoms. The van der Waals surface area contributed by atoms with E-state index in [1.54, 1.807) is 19.1 Å². The predicted molar refractivity (Wildman–Crippen MR) is 121 cm³/mol. The minimum Gasteiger partial charge on any atom is -0.449 e. The molecule has 0 aliphatic carbocycles. The van der Waals surface area contributed by atoms with Crippen molar-refractivity contribution >= 4 is 28.5 Å². The number of nitrogens with zero attached hydrogens (tertiary/aromatic N) is 2. The zero-order chi connectivity index (χ0) is 22.7. The molecule has 2 heterocycles. The largest absolute Gasteiger partial charge is 0.449 e. The minimum atomic E-state index is -1.05. The SMILES string of the molecule is CCC(OC(=O)c1c2c(nc3ccccc13)CCN(CC)C2)C(=O)Nc1ccccc1F. The van der Waals surface area contributed by atoms with E-state index in [4.69, 9.17) is 9.72 Å². The number of likely N-dealkylation sites (N-methyl/N-ethyl adjacent to an activating group) is 1. The molecule has 1 aliphatic heterocycles. The Kier molecular flexibility index (Phi) is 6.46. The standard InChI is InChI=1S/C25H26FN3O3/c1-3-22(24(30)28-21-12-8-6-10-18(21)26)32-25(31)23-16-9-5-7-11-19(16)27-20-13-14-29(4-2)15-17(20)23/h5-12,22H,3-4,13-15H2,1-2H3,(H,28,30). The Morgan fingerprint density at radius 2 is 1.91 bits per heavy atom. The van der Waals surface area contributed by atoms with Crippen molar-refractivity contribution in [2.24, 2.45) is 0 Å². The van der Waals surface area contributed by atoms with Crippen LogP contribution in [0.25, 0.3) is 10.9 Å². The molecule has 1 N–H and O–H groups in total. The van der Waals surface area contributed by atoms with Gasteiger partial charge in [-0.15, -0.1) is 0 Å². The summed E-state index contributed by atoms with van der Waals surface area (Å²) in [5, 5.41) is 3.23. The first-order chi connectivity index (χ1) is 15.5. The first-order valence-corrected chi connectivity index (χ1v) is 10.9. The molecule has 0 radical (unpaired) electrons. The maximum atomic E-state index is 13.9. The third-order valence-electron chi connectivity index (χ3n) is 5.82. The summed E-state index contributed by atoms with van der Waals surface area (Å²) in [6.07, 6.45) is -0.0343. The van der Waals surface area contributed by atoms with Gasteiger partial charge in [0, 0.05) is 36.2 Å². The Hall–Kier alpha value is -3.32. The van der Waals surface area contributed by atoms with Gasteiger partial charge in [-0.2, -0.15) is 0 Å². The number of aromatic nitrogens is 1. The summed E-state index contributed by atoms with van der Waals surface area (Å²) in [5.74, 6) is -1.67. The second kappa shape index (κ2) is 9.44. The fourth-order valence-electron chi connectivity index (χ4n) is 4.04. The lowest BCUT2D eigenvalue weighted by atomic mass is 9.95. The van der Waals surface area contributed by atoms with Crippen LogP contribution in [0.1, 0.15) is 41.9 Å². The number of carbonyl (C=O) groups is 2. The molecule has 32 heavy (non-hydrogen) atoms. The van der Waals surface area contributed by atoms with Gasteiger partial charge >= 0.3 is 5.97 Å². The van der Waals surface area contributed by atoms with Gasteiger partial charge in [0.05, 0.1) is 16.8 Å². The highest BCUT2D eigenvalue weighted by molar-refractivity contribution is 6.06. The highest BCUT2D eigenvalue weighted by atomic mass is 19.1. The zero-order valence-electron chi connectivity index (χ0n) is 18.2. The summed E-state index contributed by atoms with van der Waals surface area (Å²) in [6, 6.07) is 13.4. The van der Waals surface area contributed by atoms with Crippen LogP contribution in [0.3, 0.4) is 0 Å². The zero-order valence-corrected chi connectivity index (χ0v) is 18.2. The van der Waals surface area contributed by atoms with E-state index in [9.17, 15) is 14.0 Å². The number of benzene rings is 2. The smallest absolute Gasteiger partial charge is 0.340 e. The van der Waals surface area contributed by atoms with Gasteiger partial charge in [0.15, 0.2) is 6.10 Å². The highest BCUT2D eigenvalue weighted by Crippen LogP contribution is 2.29. The monoisotopic (exact) mass is 435 g/mol. The second-order valence-electron chi connectivity index (χ2n) is 7.82. The lowest BCUT2D eigenvalue weighted by Gasteiger charge is -2.29. The normalized spacial score (nSPS) is 14.6. The Balaban J connectivity index is 1.65. The summed E-state index contributed by atoms with van der Waals surface area (Å²) in [6.45, 7) is 6.18. The average molecular weight is 435 g/mol. The van der Waals surface area contributed by atoms with E-state index < -0.39 is 23.8 Å². The molecule has 0 bridgehead atoms. The van der Waals surface area contributed by atoms with Gasteiger partial charge in [-0.1, -0.05) is 44.2 Å². The Morgan fingerprint density at radius 3 is 2.66 bits per heavy atom. The van der Waals surface area contributed by atoms with Crippen molar-refractivity contribution in [3.05, 3.63) is 71.2 Å². The summed E-state index contributed by atoms with van der Waals surface area (Å²) in [5.41, 5.74) is 2.99. The fourth-order valence-corrected chi connectivity index (χ4v) is 4.04. The van der Waals surface area contributed by atoms with Crippen molar-refractivity contribution in [2.45, 2.75) is 39.3 Å². The lowest BCUT2D eigenvalue weighted by molar-refractivity contribution is -0.124. The fraction of sp³-hybridized carbons (Fsp3) is 0.320. The number of halogens is 1. The number of rotatable bonds is 6. The van der Waals surface area contributed by atoms with Crippen molar-refractivity contribution in [2.75, 3.05) is 18.4 Å². The highest BCUT2D eigenvalue weighted by Gasteiger charge is 2.29. The van der Waals surface area contributed by atoms with E-state index in [1.807, 2.05) is 24.3 Å². The Morgan fingerprint density at radius 1 is 1.16 bits per heavy atom. The van der Waals surface area contributed by atoms with Crippen LogP contribution in [0.2, 0.25) is 0 Å². The number of anilines is 1. The summed E-state index contributed by atoms with van der Waals surface area (Å²) in [7, 11) is 0. The Labute approximate surface area is 186 Å². The summed E-state index contributed by atoms with van der Waals surface area (Å²) >= 11 is 0. The number of ether oxygens (including phenoxy) is 1. The molecule has 0 saturated heterocycles. The van der Waals surface area contributed by atoms with Crippen LogP contribution in [-0.2, 0) is 22.5 Å². The maximum Gasteiger partial charge on any atom is 0.340 e. The van der Waals surface area contributed by atoms with Crippen molar-refractivity contribution in [3.63, 3.8) is 0 Å². The average Bonchev–Trinajstić information content (AvgIpc) is 2.81. The first kappa shape index (κ1) is 21.9. The molecular weight excluding hydrogens is 409 g/mol. The molecule has 2 aromatic carbocycles. The predicted octanol–water partition coefficient (Wildman–Crippen LogP) is 4.33. The number of hydrogen-bond acceptors (Lipinski definition) is 5. The van der Waals surface area contributed by atoms with Crippen molar-refractivity contribution in [1.82, 2.24) is 9.88 Å². The molecular formula is C25H26FN3O3. The number of esters is 1. The molecule has 4 rings (SSSR count). The number of hydrogen-bond donors (Lipinski definition) is 1. The van der Waals surface area contributed by atoms with E-state index in [1.165, 1.54) is 12.1 Å². The molecule has 166 valence electrons. The summed E-state index contributed by atoms with van der Waals surface area (Å²) < 4.78 is 19.6. The number of fused-ring (bicyclic) bond motifs is 2. The molecule has 0 fully saturated rings. The van der Waals surface area contributed by atoms with Crippen molar-refractivity contribution < 1.29 is 18.7 Å². The molecule has 0 saturated carbocycles. The third-order valence-corrected chi connectivity index (χ3v) is 5.82. The molecule has 1 amide bonds. The van der Waals surface area contributed by atoms with Gasteiger partial charge in [-0.25, -0.2) is 9.18 Å². The number of carbonyl (C=O) groups excluding carboxylic acids is 2. The van der Waals surface area contributed by atoms with E-state index in [-0.39, 0.29) is 12.1 Å². The minimum absolute atomic E-state index is 0.0531. The second-order valence-corrected chi connectivity index (χ2v) is 7.82. The lowest BCUT2D eigenvalue weighted by Crippen LogP contribution is -2.35. The third kappa shape index (κ3) is 4.34. The van der Waals surface area contributed by atoms with Gasteiger partial charge in [0.1, 0.15) is 5.82 Å². The van der Waals surface area contributed by atoms with E-state index in [2.05, 4.69) is 17.1 Å². The van der Waals surface area contributed by atoms with Gasteiger partial charge in [0.2, 0.25) is 0 Å². The Bertz CT molecular complexity index is 1160. The number of para-hydroxylation sites is 2. The molecule has 1 atom stereocenters. The maximum absolute atomic E-state index is 13.9. The molecule has 7 heteroatoms. The van der Waals surface area contributed by atoms with E-state index in [0.717, 1.165) is 36.3 Å². The van der Waals surface area contributed by atoms with Crippen LogP contribution < -0.4 is 5.32 Å². The van der Waals surface area contributed by atoms with Gasteiger partial charge in [-0.05, 0) is 31.2 Å². The molecule has 1 aliphatic rings. The van der Waals surface area contributed by atoms with Crippen LogP contribution in [0, 0.1) is 5.82 Å². The van der Waals surface area contributed by atoms with Crippen LogP contribution in [0.5, 0.6) is 0 Å². The van der Waals surface area contributed by atoms with Gasteiger partial charge in [-0.3, -0.25) is 14.7 Å². The van der Waals surface area contributed by atoms with Gasteiger partial charge in [0.25, 0.3) is 5.91 Å². The van der Waals surface area contributed by atoms with Crippen LogP contribution in [-0.4, -0.2) is 41.0 Å². The molecule has 6 nitrogen and oxygen atoms in total. The van der Waals surface area contributed by atoms with E-state index >= 15 is 0 Å². The van der Waals surface area contributed by atoms with E-state index in [0.29, 0.717) is 17.5 Å². The van der Waals surface area contributed by atoms with Crippen molar-refractivity contribution in [3.8, 4) is 0 Å². The molecule has 1 unspecified atom stereocenters. The van der Waals surface area contributed by atoms with Crippen molar-refractivity contribution in [1.29, 1.82) is 0 Å². The molecule has 3 aromatic rings. The molecule has 1 aromatic heterocycles. The topological polar surface area (TPSA) is 71.5 Å². The number of pyridine rings is 1. The summed E-state index contributed by atoms with van der Waals surface area (Å²) in [4.78, 5) is 33.2. The van der Waals surface area contributed by atoms with Crippen LogP contribution >= 0.6 is 0 Å². The van der Waals surface area contributed by atoms with Crippen LogP contribution in [0.4, 0.5) is 10.1 Å².